The topological polar surface area (TPSA) is 83.7 Å². The summed E-state index contributed by atoms with van der Waals surface area (Å²) >= 11 is 3.49. The van der Waals surface area contributed by atoms with Gasteiger partial charge in [0.25, 0.3) is 11.8 Å². The fraction of sp³-hybridized carbons (Fsp3) is 0.258. The molecule has 0 atom stereocenters. The van der Waals surface area contributed by atoms with Crippen LogP contribution in [0.3, 0.4) is 0 Å². The average molecular weight is 586 g/mol. The molecule has 0 spiro atoms. The number of rotatable bonds is 9. The number of unbranched alkanes of at least 4 members (excludes halogenated alkanes) is 2. The molecule has 2 aliphatic rings. The first-order chi connectivity index (χ1) is 19.9. The molecule has 0 saturated carbocycles. The van der Waals surface area contributed by atoms with Gasteiger partial charge in [-0.2, -0.15) is 0 Å². The van der Waals surface area contributed by atoms with Gasteiger partial charge in [0.15, 0.2) is 12.4 Å². The van der Waals surface area contributed by atoms with Gasteiger partial charge in [0, 0.05) is 55.3 Å². The maximum Gasteiger partial charge on any atom is 0.333 e. The monoisotopic (exact) mass is 585 g/mol. The summed E-state index contributed by atoms with van der Waals surface area (Å²) in [6, 6.07) is 19.0. The van der Waals surface area contributed by atoms with Crippen molar-refractivity contribution in [2.75, 3.05) is 11.9 Å². The van der Waals surface area contributed by atoms with Crippen LogP contribution in [0.4, 0.5) is 5.69 Å². The van der Waals surface area contributed by atoms with Crippen molar-refractivity contribution in [3.63, 3.8) is 0 Å². The summed E-state index contributed by atoms with van der Waals surface area (Å²) in [5.41, 5.74) is 4.50. The molecule has 8 nitrogen and oxygen atoms in total. The lowest BCUT2D eigenvalue weighted by molar-refractivity contribution is -0.697. The van der Waals surface area contributed by atoms with E-state index in [0.29, 0.717) is 11.5 Å². The van der Waals surface area contributed by atoms with Crippen molar-refractivity contribution in [1.29, 1.82) is 0 Å². The van der Waals surface area contributed by atoms with Gasteiger partial charge in [-0.15, -0.1) is 16.4 Å². The van der Waals surface area contributed by atoms with Gasteiger partial charge in [-0.25, -0.2) is 14.3 Å². The molecule has 0 aliphatic carbocycles. The highest BCUT2D eigenvalue weighted by molar-refractivity contribution is 8.03. The molecule has 41 heavy (non-hydrogen) atoms. The van der Waals surface area contributed by atoms with E-state index in [0.717, 1.165) is 41.0 Å². The number of pyridine rings is 1. The number of aromatic nitrogens is 2. The van der Waals surface area contributed by atoms with Gasteiger partial charge in [0.05, 0.1) is 20.9 Å². The van der Waals surface area contributed by atoms with Gasteiger partial charge < -0.3 is 9.74 Å². The van der Waals surface area contributed by atoms with E-state index in [1.165, 1.54) is 20.3 Å². The minimum atomic E-state index is -0.538. The predicted molar refractivity (Wildman–Crippen MR) is 160 cm³/mol. The van der Waals surface area contributed by atoms with Crippen molar-refractivity contribution in [1.82, 2.24) is 10.0 Å². The van der Waals surface area contributed by atoms with Crippen LogP contribution in [-0.2, 0) is 25.8 Å². The number of hydrogen-bond acceptors (Lipinski definition) is 8. The third-order valence-corrected chi connectivity index (χ3v) is 9.34. The quantitative estimate of drug-likeness (QED) is 0.136. The van der Waals surface area contributed by atoms with Gasteiger partial charge in [-0.05, 0) is 54.8 Å². The van der Waals surface area contributed by atoms with Crippen LogP contribution in [0, 0.1) is 0 Å². The zero-order valence-electron chi connectivity index (χ0n) is 22.6. The molecule has 6 rings (SSSR count). The van der Waals surface area contributed by atoms with Crippen LogP contribution >= 0.6 is 23.1 Å². The Labute approximate surface area is 246 Å². The molecule has 10 heteroatoms. The van der Waals surface area contributed by atoms with Gasteiger partial charge in [0.1, 0.15) is 11.6 Å². The number of para-hydroxylation sites is 1. The predicted octanol–water partition coefficient (Wildman–Crippen LogP) is 5.96. The summed E-state index contributed by atoms with van der Waals surface area (Å²) in [6.45, 7) is 0.837. The summed E-state index contributed by atoms with van der Waals surface area (Å²) < 4.78 is 3.33. The summed E-state index contributed by atoms with van der Waals surface area (Å²) in [5.74, 6) is -1.43. The molecule has 1 saturated heterocycles. The van der Waals surface area contributed by atoms with Crippen LogP contribution in [0.5, 0.6) is 0 Å². The maximum absolute atomic E-state index is 11.9. The van der Waals surface area contributed by atoms with Crippen LogP contribution in [0.25, 0.3) is 26.9 Å². The number of carbonyl (C=O) groups excluding carboxylic acids is 3. The fourth-order valence-corrected chi connectivity index (χ4v) is 6.94. The number of anilines is 1. The molecule has 0 bridgehead atoms. The first kappa shape index (κ1) is 27.2. The Morgan fingerprint density at radius 3 is 2.59 bits per heavy atom. The SMILES string of the molecule is CN1/C(=C/c2cc[n+](CCCCCC(=O)ON3C(=O)CCC3=O)cc2)Sc2cc(-c3nc4ccccc4s3)ccc21. The molecular weight excluding hydrogens is 556 g/mol. The highest BCUT2D eigenvalue weighted by Gasteiger charge is 2.32. The van der Waals surface area contributed by atoms with E-state index in [9.17, 15) is 14.4 Å². The van der Waals surface area contributed by atoms with Crippen molar-refractivity contribution in [3.05, 3.63) is 77.6 Å². The highest BCUT2D eigenvalue weighted by atomic mass is 32.2. The fourth-order valence-electron chi connectivity index (χ4n) is 4.83. The van der Waals surface area contributed by atoms with Crippen LogP contribution in [0.15, 0.2) is 76.9 Å². The van der Waals surface area contributed by atoms with E-state index in [1.54, 1.807) is 23.1 Å². The number of thiazole rings is 1. The van der Waals surface area contributed by atoms with E-state index in [-0.39, 0.29) is 19.3 Å². The molecule has 4 aromatic rings. The molecule has 0 radical (unpaired) electrons. The van der Waals surface area contributed by atoms with E-state index >= 15 is 0 Å². The number of carbonyl (C=O) groups is 3. The number of thioether (sulfide) groups is 1. The Hall–Kier alpha value is -4.02. The maximum atomic E-state index is 11.9. The van der Waals surface area contributed by atoms with Crippen LogP contribution in [0.2, 0.25) is 0 Å². The van der Waals surface area contributed by atoms with Gasteiger partial charge >= 0.3 is 5.97 Å². The number of aryl methyl sites for hydroxylation is 1. The molecule has 0 unspecified atom stereocenters. The van der Waals surface area contributed by atoms with Gasteiger partial charge in [-0.3, -0.25) is 9.59 Å². The molecular formula is C31H29N4O4S2+. The molecule has 1 fully saturated rings. The summed E-state index contributed by atoms with van der Waals surface area (Å²) in [5, 5.41) is 2.82. The number of hydroxylamine groups is 2. The van der Waals surface area contributed by atoms with Crippen molar-refractivity contribution < 1.29 is 23.8 Å². The lowest BCUT2D eigenvalue weighted by atomic mass is 10.2. The minimum absolute atomic E-state index is 0.106. The minimum Gasteiger partial charge on any atom is -0.338 e. The summed E-state index contributed by atoms with van der Waals surface area (Å²) in [4.78, 5) is 48.2. The average Bonchev–Trinajstić information content (AvgIpc) is 3.65. The Morgan fingerprint density at radius 2 is 1.80 bits per heavy atom. The normalized spacial score (nSPS) is 15.8. The Morgan fingerprint density at radius 1 is 1.02 bits per heavy atom. The molecule has 2 aliphatic heterocycles. The Bertz CT molecular complexity index is 1620. The van der Waals surface area contributed by atoms with Crippen molar-refractivity contribution in [2.24, 2.45) is 0 Å². The third-order valence-electron chi connectivity index (χ3n) is 7.11. The van der Waals surface area contributed by atoms with Crippen molar-refractivity contribution >= 4 is 62.9 Å². The van der Waals surface area contributed by atoms with E-state index in [4.69, 9.17) is 9.82 Å². The van der Waals surface area contributed by atoms with Crippen LogP contribution in [-0.4, -0.2) is 34.9 Å². The second kappa shape index (κ2) is 11.8. The zero-order valence-corrected chi connectivity index (χ0v) is 24.2. The molecule has 4 heterocycles. The van der Waals surface area contributed by atoms with E-state index in [2.05, 4.69) is 77.4 Å². The highest BCUT2D eigenvalue weighted by Crippen LogP contribution is 2.47. The Balaban J connectivity index is 0.999. The molecule has 0 N–H and O–H groups in total. The summed E-state index contributed by atoms with van der Waals surface area (Å²) in [6.07, 6.45) is 9.14. The first-order valence-electron chi connectivity index (χ1n) is 13.6. The number of nitrogens with zero attached hydrogens (tertiary/aromatic N) is 4. The molecule has 2 aromatic heterocycles. The first-order valence-corrected chi connectivity index (χ1v) is 15.3. The lowest BCUT2D eigenvalue weighted by Crippen LogP contribution is -2.32. The number of imide groups is 1. The number of hydrogen-bond donors (Lipinski definition) is 0. The standard InChI is InChI=1S/C31H29N4O4S2/c1-33-24-11-10-22(31-32-23-7-4-5-8-25(23)41-31)20-26(24)40-29(33)19-21-14-17-34(18-15-21)16-6-2-3-9-30(38)39-35-27(36)12-13-28(35)37/h4-5,7-8,10-11,14-15,17-20H,2-3,6,9,12-13,16H2,1H3/q+1. The third kappa shape index (κ3) is 6.03. The molecule has 2 amide bonds. The largest absolute Gasteiger partial charge is 0.338 e. The number of amides is 2. The second-order valence-electron chi connectivity index (χ2n) is 10.0. The molecule has 208 valence electrons. The lowest BCUT2D eigenvalue weighted by Gasteiger charge is -2.13. The second-order valence-corrected chi connectivity index (χ2v) is 12.1. The number of fused-ring (bicyclic) bond motifs is 2. The van der Waals surface area contributed by atoms with Gasteiger partial charge in [0.2, 0.25) is 0 Å². The van der Waals surface area contributed by atoms with Crippen molar-refractivity contribution in [2.45, 2.75) is 50.0 Å². The smallest absolute Gasteiger partial charge is 0.333 e. The zero-order chi connectivity index (χ0) is 28.3. The van der Waals surface area contributed by atoms with Crippen LogP contribution in [0.1, 0.15) is 44.1 Å². The molecule has 2 aromatic carbocycles. The number of benzene rings is 2. The van der Waals surface area contributed by atoms with Gasteiger partial charge in [-0.1, -0.05) is 23.9 Å². The van der Waals surface area contributed by atoms with E-state index < -0.39 is 17.8 Å². The summed E-state index contributed by atoms with van der Waals surface area (Å²) in [7, 11) is 2.10. The van der Waals surface area contributed by atoms with Crippen LogP contribution < -0.4 is 9.47 Å². The van der Waals surface area contributed by atoms with E-state index in [1.807, 2.05) is 12.1 Å². The van der Waals surface area contributed by atoms with Crippen molar-refractivity contribution in [3.8, 4) is 10.6 Å². The Kier molecular flexibility index (Phi) is 7.84.